The summed E-state index contributed by atoms with van der Waals surface area (Å²) in [6.45, 7) is 7.61. The first kappa shape index (κ1) is 10.2. The number of H-pyrrole nitrogens is 1. The highest BCUT2D eigenvalue weighted by Crippen LogP contribution is 2.07. The van der Waals surface area contributed by atoms with E-state index < -0.39 is 0 Å². The molecular formula is C9H17N3O. The van der Waals surface area contributed by atoms with E-state index in [1.54, 1.807) is 0 Å². The summed E-state index contributed by atoms with van der Waals surface area (Å²) in [5, 5.41) is 7.01. The maximum absolute atomic E-state index is 5.22. The molecule has 0 radical (unpaired) electrons. The van der Waals surface area contributed by atoms with Crippen molar-refractivity contribution in [2.45, 2.75) is 33.1 Å². The molecule has 0 aromatic carbocycles. The van der Waals surface area contributed by atoms with Gasteiger partial charge in [-0.05, 0) is 6.92 Å². The van der Waals surface area contributed by atoms with Crippen molar-refractivity contribution in [3.8, 4) is 0 Å². The summed E-state index contributed by atoms with van der Waals surface area (Å²) in [6.07, 6.45) is 0.813. The predicted octanol–water partition coefficient (Wildman–Crippen LogP) is 1.51. The number of nitrogens with one attached hydrogen (secondary N) is 1. The number of aromatic nitrogens is 3. The molecule has 74 valence electrons. The molecule has 0 aliphatic carbocycles. The summed E-state index contributed by atoms with van der Waals surface area (Å²) in [7, 11) is 0. The zero-order valence-corrected chi connectivity index (χ0v) is 8.50. The van der Waals surface area contributed by atoms with Crippen molar-refractivity contribution < 1.29 is 4.74 Å². The standard InChI is InChI=1S/C9H17N3O/c1-4-13-6-5-8-10-9(7(2)3)12-11-8/h7H,4-6H2,1-3H3,(H,10,11,12). The van der Waals surface area contributed by atoms with Crippen LogP contribution in [-0.4, -0.2) is 28.4 Å². The average Bonchev–Trinajstić information content (AvgIpc) is 2.53. The molecular weight excluding hydrogens is 166 g/mol. The SMILES string of the molecule is CCOCCc1nc(C(C)C)n[nH]1. The highest BCUT2D eigenvalue weighted by atomic mass is 16.5. The first-order valence-electron chi connectivity index (χ1n) is 4.73. The molecule has 4 nitrogen and oxygen atoms in total. The van der Waals surface area contributed by atoms with Crippen LogP contribution in [0.1, 0.15) is 38.3 Å². The Hall–Kier alpha value is -0.900. The van der Waals surface area contributed by atoms with Crippen molar-refractivity contribution >= 4 is 0 Å². The van der Waals surface area contributed by atoms with E-state index in [1.807, 2.05) is 6.92 Å². The summed E-state index contributed by atoms with van der Waals surface area (Å²) >= 11 is 0. The number of aromatic amines is 1. The Morgan fingerprint density at radius 3 is 2.77 bits per heavy atom. The first-order chi connectivity index (χ1) is 6.24. The number of ether oxygens (including phenoxy) is 1. The van der Waals surface area contributed by atoms with Gasteiger partial charge in [-0.2, -0.15) is 5.10 Å². The molecule has 1 N–H and O–H groups in total. The largest absolute Gasteiger partial charge is 0.381 e. The molecule has 0 unspecified atom stereocenters. The molecule has 1 aromatic rings. The molecule has 4 heteroatoms. The van der Waals surface area contributed by atoms with Crippen molar-refractivity contribution in [1.29, 1.82) is 0 Å². The van der Waals surface area contributed by atoms with Crippen molar-refractivity contribution in [3.63, 3.8) is 0 Å². The molecule has 1 aromatic heterocycles. The van der Waals surface area contributed by atoms with Crippen LogP contribution in [0, 0.1) is 0 Å². The van der Waals surface area contributed by atoms with E-state index in [9.17, 15) is 0 Å². The minimum atomic E-state index is 0.386. The highest BCUT2D eigenvalue weighted by molar-refractivity contribution is 4.94. The topological polar surface area (TPSA) is 50.8 Å². The lowest BCUT2D eigenvalue weighted by atomic mass is 10.2. The molecule has 0 saturated heterocycles. The quantitative estimate of drug-likeness (QED) is 0.704. The van der Waals surface area contributed by atoms with Crippen LogP contribution in [0.4, 0.5) is 0 Å². The lowest BCUT2D eigenvalue weighted by molar-refractivity contribution is 0.149. The van der Waals surface area contributed by atoms with Gasteiger partial charge in [0.05, 0.1) is 6.61 Å². The fraction of sp³-hybridized carbons (Fsp3) is 0.778. The van der Waals surface area contributed by atoms with Gasteiger partial charge in [0, 0.05) is 18.9 Å². The Labute approximate surface area is 78.7 Å². The molecule has 0 atom stereocenters. The van der Waals surface area contributed by atoms with Crippen LogP contribution < -0.4 is 0 Å². The van der Waals surface area contributed by atoms with Gasteiger partial charge in [-0.3, -0.25) is 5.10 Å². The Balaban J connectivity index is 2.40. The summed E-state index contributed by atoms with van der Waals surface area (Å²) in [5.41, 5.74) is 0. The summed E-state index contributed by atoms with van der Waals surface area (Å²) < 4.78 is 5.22. The lowest BCUT2D eigenvalue weighted by Gasteiger charge is -1.97. The molecule has 0 saturated carbocycles. The van der Waals surface area contributed by atoms with Gasteiger partial charge in [-0.15, -0.1) is 0 Å². The van der Waals surface area contributed by atoms with Crippen molar-refractivity contribution in [2.75, 3.05) is 13.2 Å². The second-order valence-corrected chi connectivity index (χ2v) is 3.24. The third-order valence-electron chi connectivity index (χ3n) is 1.75. The van der Waals surface area contributed by atoms with E-state index in [-0.39, 0.29) is 0 Å². The van der Waals surface area contributed by atoms with Crippen LogP contribution in [0.15, 0.2) is 0 Å². The third-order valence-corrected chi connectivity index (χ3v) is 1.75. The van der Waals surface area contributed by atoms with Crippen LogP contribution in [0.2, 0.25) is 0 Å². The first-order valence-corrected chi connectivity index (χ1v) is 4.73. The highest BCUT2D eigenvalue weighted by Gasteiger charge is 2.05. The van der Waals surface area contributed by atoms with Crippen LogP contribution >= 0.6 is 0 Å². The number of hydrogen-bond acceptors (Lipinski definition) is 3. The Bertz CT molecular complexity index is 245. The van der Waals surface area contributed by atoms with Gasteiger partial charge in [0.2, 0.25) is 0 Å². The van der Waals surface area contributed by atoms with Gasteiger partial charge in [-0.1, -0.05) is 13.8 Å². The molecule has 0 aliphatic rings. The normalized spacial score (nSPS) is 11.1. The number of nitrogens with zero attached hydrogens (tertiary/aromatic N) is 2. The second-order valence-electron chi connectivity index (χ2n) is 3.24. The summed E-state index contributed by atoms with van der Waals surface area (Å²) in [4.78, 5) is 4.33. The average molecular weight is 183 g/mol. The van der Waals surface area contributed by atoms with Crippen molar-refractivity contribution in [1.82, 2.24) is 15.2 Å². The van der Waals surface area contributed by atoms with Crippen LogP contribution in [0.5, 0.6) is 0 Å². The summed E-state index contributed by atoms with van der Waals surface area (Å²) in [6, 6.07) is 0. The Morgan fingerprint density at radius 1 is 1.46 bits per heavy atom. The fourth-order valence-electron chi connectivity index (χ4n) is 0.993. The molecule has 1 rings (SSSR count). The Morgan fingerprint density at radius 2 is 2.23 bits per heavy atom. The van der Waals surface area contributed by atoms with Gasteiger partial charge in [0.25, 0.3) is 0 Å². The maximum Gasteiger partial charge on any atom is 0.153 e. The van der Waals surface area contributed by atoms with Gasteiger partial charge < -0.3 is 4.74 Å². The van der Waals surface area contributed by atoms with Gasteiger partial charge in [-0.25, -0.2) is 4.98 Å². The van der Waals surface area contributed by atoms with E-state index in [4.69, 9.17) is 4.74 Å². The molecule has 0 bridgehead atoms. The van der Waals surface area contributed by atoms with E-state index in [0.717, 1.165) is 24.7 Å². The second kappa shape index (κ2) is 4.97. The zero-order valence-electron chi connectivity index (χ0n) is 8.50. The third kappa shape index (κ3) is 3.14. The lowest BCUT2D eigenvalue weighted by Crippen LogP contribution is -1.99. The van der Waals surface area contributed by atoms with Crippen molar-refractivity contribution in [2.24, 2.45) is 0 Å². The smallest absolute Gasteiger partial charge is 0.153 e. The van der Waals surface area contributed by atoms with Gasteiger partial charge in [0.1, 0.15) is 5.82 Å². The number of hydrogen-bond donors (Lipinski definition) is 1. The molecule has 0 aliphatic heterocycles. The monoisotopic (exact) mass is 183 g/mol. The fourth-order valence-corrected chi connectivity index (χ4v) is 0.993. The van der Waals surface area contributed by atoms with E-state index in [0.29, 0.717) is 12.5 Å². The molecule has 1 heterocycles. The van der Waals surface area contributed by atoms with Crippen LogP contribution in [-0.2, 0) is 11.2 Å². The zero-order chi connectivity index (χ0) is 9.68. The minimum absolute atomic E-state index is 0.386. The summed E-state index contributed by atoms with van der Waals surface area (Å²) in [5.74, 6) is 2.18. The van der Waals surface area contributed by atoms with Gasteiger partial charge in [0.15, 0.2) is 5.82 Å². The predicted molar refractivity (Wildman–Crippen MR) is 50.7 cm³/mol. The molecule has 0 fully saturated rings. The van der Waals surface area contributed by atoms with E-state index >= 15 is 0 Å². The van der Waals surface area contributed by atoms with Crippen molar-refractivity contribution in [3.05, 3.63) is 11.6 Å². The molecule has 13 heavy (non-hydrogen) atoms. The molecule has 0 amide bonds. The number of rotatable bonds is 5. The van der Waals surface area contributed by atoms with Crippen LogP contribution in [0.25, 0.3) is 0 Å². The Kier molecular flexibility index (Phi) is 3.89. The van der Waals surface area contributed by atoms with E-state index in [1.165, 1.54) is 0 Å². The minimum Gasteiger partial charge on any atom is -0.381 e. The molecule has 0 spiro atoms. The van der Waals surface area contributed by atoms with Gasteiger partial charge >= 0.3 is 0 Å². The maximum atomic E-state index is 5.22. The van der Waals surface area contributed by atoms with E-state index in [2.05, 4.69) is 29.0 Å². The van der Waals surface area contributed by atoms with Crippen LogP contribution in [0.3, 0.4) is 0 Å².